The van der Waals surface area contributed by atoms with Crippen LogP contribution in [0.5, 0.6) is 0 Å². The van der Waals surface area contributed by atoms with Gasteiger partial charge in [-0.3, -0.25) is 9.89 Å². The molecule has 3 rings (SSSR count). The van der Waals surface area contributed by atoms with E-state index >= 15 is 0 Å². The third kappa shape index (κ3) is 5.09. The van der Waals surface area contributed by atoms with Crippen LogP contribution < -0.4 is 5.32 Å². The molecular weight excluding hydrogens is 405 g/mol. The number of amides is 1. The first-order chi connectivity index (χ1) is 13.4. The quantitative estimate of drug-likeness (QED) is 0.513. The summed E-state index contributed by atoms with van der Waals surface area (Å²) in [5.41, 5.74) is 0. The Hall–Kier alpha value is -1.98. The summed E-state index contributed by atoms with van der Waals surface area (Å²) >= 11 is 1.43. The molecule has 1 aliphatic rings. The van der Waals surface area contributed by atoms with Crippen LogP contribution in [0.4, 0.5) is 4.39 Å². The summed E-state index contributed by atoms with van der Waals surface area (Å²) in [4.78, 5) is 16.6. The van der Waals surface area contributed by atoms with E-state index < -0.39 is 21.8 Å². The number of nitrogens with one attached hydrogen (secondary N) is 2. The fourth-order valence-electron chi connectivity index (χ4n) is 2.98. The van der Waals surface area contributed by atoms with Gasteiger partial charge in [-0.1, -0.05) is 11.8 Å². The van der Waals surface area contributed by atoms with Crippen LogP contribution in [0.15, 0.2) is 34.3 Å². The number of halogens is 1. The number of benzene rings is 1. The first kappa shape index (κ1) is 20.7. The van der Waals surface area contributed by atoms with Crippen LogP contribution in [0, 0.1) is 18.7 Å². The second-order valence-corrected chi connectivity index (χ2v) is 9.50. The first-order valence-corrected chi connectivity index (χ1v) is 11.3. The highest BCUT2D eigenvalue weighted by molar-refractivity contribution is 7.99. The maximum atomic E-state index is 13.1. The van der Waals surface area contributed by atoms with Crippen LogP contribution >= 0.6 is 11.8 Å². The molecule has 152 valence electrons. The van der Waals surface area contributed by atoms with Gasteiger partial charge in [0.25, 0.3) is 0 Å². The summed E-state index contributed by atoms with van der Waals surface area (Å²) < 4.78 is 39.8. The summed E-state index contributed by atoms with van der Waals surface area (Å²) in [7, 11) is -3.74. The number of thioether (sulfide) groups is 1. The molecule has 28 heavy (non-hydrogen) atoms. The van der Waals surface area contributed by atoms with Crippen molar-refractivity contribution < 1.29 is 17.6 Å². The molecule has 0 radical (unpaired) electrons. The predicted octanol–water partition coefficient (Wildman–Crippen LogP) is 1.56. The molecule has 0 aliphatic carbocycles. The highest BCUT2D eigenvalue weighted by Crippen LogP contribution is 2.24. The number of aryl methyl sites for hydroxylation is 1. The molecule has 1 aromatic heterocycles. The number of aromatic amines is 1. The van der Waals surface area contributed by atoms with E-state index in [4.69, 9.17) is 0 Å². The average molecular weight is 428 g/mol. The van der Waals surface area contributed by atoms with Gasteiger partial charge in [-0.25, -0.2) is 17.8 Å². The molecule has 1 amide bonds. The normalized spacial score (nSPS) is 18.1. The Morgan fingerprint density at radius 3 is 2.82 bits per heavy atom. The Bertz CT molecular complexity index is 917. The highest BCUT2D eigenvalue weighted by Gasteiger charge is 2.33. The molecule has 0 spiro atoms. The van der Waals surface area contributed by atoms with Crippen LogP contribution in [0.3, 0.4) is 0 Å². The fourth-order valence-corrected chi connectivity index (χ4v) is 5.20. The molecule has 1 aromatic carbocycles. The molecule has 1 aliphatic heterocycles. The van der Waals surface area contributed by atoms with Crippen molar-refractivity contribution in [1.29, 1.82) is 0 Å². The molecule has 2 N–H and O–H groups in total. The lowest BCUT2D eigenvalue weighted by atomic mass is 9.99. The first-order valence-electron chi connectivity index (χ1n) is 8.91. The van der Waals surface area contributed by atoms with Crippen LogP contribution in [0.2, 0.25) is 0 Å². The maximum absolute atomic E-state index is 13.1. The zero-order chi connectivity index (χ0) is 20.1. The Morgan fingerprint density at radius 2 is 2.14 bits per heavy atom. The fraction of sp³-hybridized carbons (Fsp3) is 0.471. The van der Waals surface area contributed by atoms with Crippen LogP contribution in [0.25, 0.3) is 0 Å². The van der Waals surface area contributed by atoms with Gasteiger partial charge in [0.05, 0.1) is 10.8 Å². The van der Waals surface area contributed by atoms with E-state index in [1.807, 2.05) is 6.92 Å². The summed E-state index contributed by atoms with van der Waals surface area (Å²) in [6.07, 6.45) is 1.23. The van der Waals surface area contributed by atoms with Crippen molar-refractivity contribution in [3.8, 4) is 0 Å². The molecular formula is C17H22FN5O3S2. The maximum Gasteiger partial charge on any atom is 0.243 e. The van der Waals surface area contributed by atoms with E-state index in [2.05, 4.69) is 20.5 Å². The molecule has 2 aromatic rings. The Kier molecular flexibility index (Phi) is 6.68. The minimum atomic E-state index is -3.74. The molecule has 0 unspecified atom stereocenters. The van der Waals surface area contributed by atoms with E-state index in [0.717, 1.165) is 18.0 Å². The van der Waals surface area contributed by atoms with Gasteiger partial charge in [-0.2, -0.15) is 4.31 Å². The number of rotatable bonds is 7. The zero-order valence-corrected chi connectivity index (χ0v) is 17.0. The van der Waals surface area contributed by atoms with Crippen LogP contribution in [-0.2, 0) is 14.8 Å². The minimum Gasteiger partial charge on any atom is -0.355 e. The van der Waals surface area contributed by atoms with Gasteiger partial charge in [0, 0.05) is 25.4 Å². The van der Waals surface area contributed by atoms with Crippen molar-refractivity contribution in [3.63, 3.8) is 0 Å². The van der Waals surface area contributed by atoms with E-state index in [-0.39, 0.29) is 17.3 Å². The lowest BCUT2D eigenvalue weighted by Gasteiger charge is -2.31. The van der Waals surface area contributed by atoms with Gasteiger partial charge >= 0.3 is 0 Å². The van der Waals surface area contributed by atoms with Gasteiger partial charge in [0.1, 0.15) is 11.6 Å². The highest BCUT2D eigenvalue weighted by atomic mass is 32.2. The van der Waals surface area contributed by atoms with Crippen molar-refractivity contribution in [1.82, 2.24) is 24.8 Å². The summed E-state index contributed by atoms with van der Waals surface area (Å²) in [6.45, 7) is 2.73. The van der Waals surface area contributed by atoms with Gasteiger partial charge in [-0.15, -0.1) is 5.10 Å². The molecule has 8 nitrogen and oxygen atoms in total. The number of nitrogens with zero attached hydrogens (tertiary/aromatic N) is 3. The predicted molar refractivity (Wildman–Crippen MR) is 103 cm³/mol. The number of aromatic nitrogens is 3. The summed E-state index contributed by atoms with van der Waals surface area (Å²) in [5.74, 6) is 0.294. The SMILES string of the molecule is Cc1nc(SCCNC(=O)[C@@H]2CCCN(S(=O)(=O)c3ccc(F)cc3)C2)n[nH]1. The lowest BCUT2D eigenvalue weighted by molar-refractivity contribution is -0.125. The molecule has 0 bridgehead atoms. The largest absolute Gasteiger partial charge is 0.355 e. The van der Waals surface area contributed by atoms with Crippen molar-refractivity contribution in [2.24, 2.45) is 5.92 Å². The standard InChI is InChI=1S/C17H22FN5O3S2/c1-12-20-17(22-21-12)27-10-8-19-16(24)13-3-2-9-23(11-13)28(25,26)15-6-4-14(18)5-7-15/h4-7,13H,2-3,8-11H2,1H3,(H,19,24)(H,20,21,22)/t13-/m1/s1. The number of H-pyrrole nitrogens is 1. The van der Waals surface area contributed by atoms with Crippen molar-refractivity contribution in [3.05, 3.63) is 35.9 Å². The third-order valence-electron chi connectivity index (χ3n) is 4.42. The van der Waals surface area contributed by atoms with E-state index in [9.17, 15) is 17.6 Å². The second kappa shape index (κ2) is 9.01. The smallest absolute Gasteiger partial charge is 0.243 e. The number of hydrogen-bond donors (Lipinski definition) is 2. The van der Waals surface area contributed by atoms with Crippen LogP contribution in [0.1, 0.15) is 18.7 Å². The van der Waals surface area contributed by atoms with Crippen molar-refractivity contribution >= 4 is 27.7 Å². The van der Waals surface area contributed by atoms with E-state index in [1.54, 1.807) is 0 Å². The van der Waals surface area contributed by atoms with E-state index in [1.165, 1.54) is 28.2 Å². The molecule has 2 heterocycles. The Labute approximate surface area is 167 Å². The Morgan fingerprint density at radius 1 is 1.39 bits per heavy atom. The van der Waals surface area contributed by atoms with Gasteiger partial charge in [0.2, 0.25) is 21.1 Å². The molecule has 1 fully saturated rings. The van der Waals surface area contributed by atoms with Gasteiger partial charge < -0.3 is 5.32 Å². The third-order valence-corrected chi connectivity index (χ3v) is 7.14. The average Bonchev–Trinajstić information content (AvgIpc) is 3.10. The molecule has 1 saturated heterocycles. The summed E-state index contributed by atoms with van der Waals surface area (Å²) in [5, 5.41) is 10.2. The topological polar surface area (TPSA) is 108 Å². The molecule has 11 heteroatoms. The monoisotopic (exact) mass is 427 g/mol. The van der Waals surface area contributed by atoms with Crippen molar-refractivity contribution in [2.75, 3.05) is 25.4 Å². The number of piperidine rings is 1. The van der Waals surface area contributed by atoms with E-state index in [0.29, 0.717) is 36.8 Å². The molecule has 1 atom stereocenters. The Balaban J connectivity index is 1.52. The van der Waals surface area contributed by atoms with Crippen molar-refractivity contribution in [2.45, 2.75) is 29.8 Å². The number of carbonyl (C=O) groups is 1. The second-order valence-electron chi connectivity index (χ2n) is 6.50. The molecule has 0 saturated carbocycles. The van der Waals surface area contributed by atoms with Gasteiger partial charge in [-0.05, 0) is 44.0 Å². The lowest BCUT2D eigenvalue weighted by Crippen LogP contribution is -2.45. The van der Waals surface area contributed by atoms with Crippen LogP contribution in [-0.4, -0.2) is 59.2 Å². The summed E-state index contributed by atoms with van der Waals surface area (Å²) in [6, 6.07) is 4.73. The zero-order valence-electron chi connectivity index (χ0n) is 15.4. The number of hydrogen-bond acceptors (Lipinski definition) is 6. The minimum absolute atomic E-state index is 0.0353. The number of carbonyl (C=O) groups excluding carboxylic acids is 1. The van der Waals surface area contributed by atoms with Gasteiger partial charge in [0.15, 0.2) is 0 Å². The number of sulfonamides is 1.